The van der Waals surface area contributed by atoms with E-state index < -0.39 is 0 Å². The molecule has 3 nitrogen and oxygen atoms in total. The van der Waals surface area contributed by atoms with Crippen LogP contribution in [0.15, 0.2) is 27.1 Å². The minimum absolute atomic E-state index is 0.157. The quantitative estimate of drug-likeness (QED) is 0.709. The Balaban J connectivity index is 2.94. The Bertz CT molecular complexity index is 463. The van der Waals surface area contributed by atoms with Gasteiger partial charge in [-0.3, -0.25) is 4.79 Å². The van der Waals surface area contributed by atoms with Crippen molar-refractivity contribution in [2.24, 2.45) is 5.92 Å². The first-order valence-corrected chi connectivity index (χ1v) is 8.33. The Hall–Kier alpha value is -0.390. The Morgan fingerprint density at radius 3 is 2.35 bits per heavy atom. The van der Waals surface area contributed by atoms with E-state index in [0.717, 1.165) is 27.7 Å². The summed E-state index contributed by atoms with van der Waals surface area (Å²) in [7, 11) is 4.11. The molecule has 1 unspecified atom stereocenters. The molecule has 112 valence electrons. The third kappa shape index (κ3) is 5.19. The van der Waals surface area contributed by atoms with Crippen molar-refractivity contribution < 1.29 is 4.79 Å². The number of nitrogens with zero attached hydrogens (tertiary/aromatic N) is 2. The molecule has 1 rings (SSSR count). The molecule has 0 fully saturated rings. The molecule has 1 aromatic carbocycles. The number of benzene rings is 1. The fourth-order valence-electron chi connectivity index (χ4n) is 2.19. The number of carbonyl (C=O) groups excluding carboxylic acids is 1. The average Bonchev–Trinajstić information content (AvgIpc) is 2.37. The van der Waals surface area contributed by atoms with Gasteiger partial charge in [-0.2, -0.15) is 0 Å². The lowest BCUT2D eigenvalue weighted by Gasteiger charge is -2.27. The smallest absolute Gasteiger partial charge is 0.226 e. The van der Waals surface area contributed by atoms with Gasteiger partial charge in [0.2, 0.25) is 5.91 Å². The number of carbonyl (C=O) groups is 1. The Morgan fingerprint density at radius 1 is 1.20 bits per heavy atom. The van der Waals surface area contributed by atoms with E-state index in [9.17, 15) is 4.79 Å². The molecule has 0 heterocycles. The fraction of sp³-hybridized carbons (Fsp3) is 0.533. The number of hydrogen-bond donors (Lipinski definition) is 0. The summed E-state index contributed by atoms with van der Waals surface area (Å²) in [6.45, 7) is 5.77. The standard InChI is InChI=1S/C15H22Br2N2O/c1-5-15(20)19(10-11(2)9-18(3)4)12-6-7-13(16)14(17)8-12/h6-8,11H,5,9-10H2,1-4H3. The van der Waals surface area contributed by atoms with E-state index in [0.29, 0.717) is 12.3 Å². The van der Waals surface area contributed by atoms with Crippen LogP contribution in [0.25, 0.3) is 0 Å². The predicted octanol–water partition coefficient (Wildman–Crippen LogP) is 4.15. The highest BCUT2D eigenvalue weighted by molar-refractivity contribution is 9.13. The van der Waals surface area contributed by atoms with Crippen molar-refractivity contribution in [3.05, 3.63) is 27.1 Å². The molecule has 1 amide bonds. The maximum absolute atomic E-state index is 12.2. The molecule has 5 heteroatoms. The molecule has 0 bridgehead atoms. The Kier molecular flexibility index (Phi) is 7.20. The average molecular weight is 406 g/mol. The van der Waals surface area contributed by atoms with Gasteiger partial charge in [0.15, 0.2) is 0 Å². The second-order valence-electron chi connectivity index (χ2n) is 5.32. The van der Waals surface area contributed by atoms with Gasteiger partial charge in [0.05, 0.1) is 0 Å². The van der Waals surface area contributed by atoms with Crippen LogP contribution in [-0.4, -0.2) is 38.0 Å². The molecule has 0 aromatic heterocycles. The predicted molar refractivity (Wildman–Crippen MR) is 92.2 cm³/mol. The van der Waals surface area contributed by atoms with E-state index in [4.69, 9.17) is 0 Å². The first kappa shape index (κ1) is 17.7. The van der Waals surface area contributed by atoms with E-state index in [1.54, 1.807) is 0 Å². The van der Waals surface area contributed by atoms with Gasteiger partial charge in [0.25, 0.3) is 0 Å². The van der Waals surface area contributed by atoms with Gasteiger partial charge < -0.3 is 9.80 Å². The molecule has 0 spiro atoms. The topological polar surface area (TPSA) is 23.6 Å². The molecule has 0 aliphatic heterocycles. The van der Waals surface area contributed by atoms with E-state index in [1.165, 1.54) is 0 Å². The molecule has 20 heavy (non-hydrogen) atoms. The summed E-state index contributed by atoms with van der Waals surface area (Å²) in [5, 5.41) is 0. The van der Waals surface area contributed by atoms with E-state index >= 15 is 0 Å². The molecule has 0 N–H and O–H groups in total. The number of amides is 1. The zero-order valence-electron chi connectivity index (χ0n) is 12.5. The Labute approximate surface area is 138 Å². The van der Waals surface area contributed by atoms with Crippen molar-refractivity contribution in [3.63, 3.8) is 0 Å². The van der Waals surface area contributed by atoms with Crippen LogP contribution < -0.4 is 4.90 Å². The van der Waals surface area contributed by atoms with Crippen molar-refractivity contribution in [2.75, 3.05) is 32.1 Å². The minimum Gasteiger partial charge on any atom is -0.312 e. The monoisotopic (exact) mass is 404 g/mol. The molecule has 0 saturated heterocycles. The minimum atomic E-state index is 0.157. The summed E-state index contributed by atoms with van der Waals surface area (Å²) in [5.41, 5.74) is 0.942. The third-order valence-electron chi connectivity index (χ3n) is 2.99. The SMILES string of the molecule is CCC(=O)N(CC(C)CN(C)C)c1ccc(Br)c(Br)c1. The highest BCUT2D eigenvalue weighted by Gasteiger charge is 2.18. The zero-order valence-corrected chi connectivity index (χ0v) is 15.7. The van der Waals surface area contributed by atoms with Crippen LogP contribution in [0.3, 0.4) is 0 Å². The normalized spacial score (nSPS) is 12.6. The summed E-state index contributed by atoms with van der Waals surface area (Å²) < 4.78 is 1.95. The first-order valence-electron chi connectivity index (χ1n) is 6.75. The van der Waals surface area contributed by atoms with Crippen molar-refractivity contribution in [2.45, 2.75) is 20.3 Å². The fourth-order valence-corrected chi connectivity index (χ4v) is 2.80. The number of hydrogen-bond acceptors (Lipinski definition) is 2. The van der Waals surface area contributed by atoms with Gasteiger partial charge in [0, 0.05) is 34.1 Å². The molecule has 0 aliphatic carbocycles. The summed E-state index contributed by atoms with van der Waals surface area (Å²) in [6, 6.07) is 5.93. The van der Waals surface area contributed by atoms with Gasteiger partial charge in [-0.05, 0) is 70.1 Å². The molecule has 0 radical (unpaired) electrons. The summed E-state index contributed by atoms with van der Waals surface area (Å²) in [6.07, 6.45) is 0.516. The largest absolute Gasteiger partial charge is 0.312 e. The van der Waals surface area contributed by atoms with Crippen molar-refractivity contribution in [1.82, 2.24) is 4.90 Å². The van der Waals surface area contributed by atoms with E-state index in [1.807, 2.05) is 30.0 Å². The Morgan fingerprint density at radius 2 is 1.85 bits per heavy atom. The van der Waals surface area contributed by atoms with Gasteiger partial charge >= 0.3 is 0 Å². The lowest BCUT2D eigenvalue weighted by molar-refractivity contribution is -0.118. The van der Waals surface area contributed by atoms with Gasteiger partial charge in [-0.15, -0.1) is 0 Å². The number of halogens is 2. The maximum Gasteiger partial charge on any atom is 0.226 e. The number of rotatable bonds is 6. The van der Waals surface area contributed by atoms with Crippen LogP contribution >= 0.6 is 31.9 Å². The van der Waals surface area contributed by atoms with Crippen molar-refractivity contribution in [1.29, 1.82) is 0 Å². The lowest BCUT2D eigenvalue weighted by Crippen LogP contribution is -2.37. The van der Waals surface area contributed by atoms with Crippen LogP contribution in [0.4, 0.5) is 5.69 Å². The van der Waals surface area contributed by atoms with Gasteiger partial charge in [0.1, 0.15) is 0 Å². The summed E-state index contributed by atoms with van der Waals surface area (Å²) in [5.74, 6) is 0.577. The molecule has 1 atom stereocenters. The maximum atomic E-state index is 12.2. The van der Waals surface area contributed by atoms with Crippen LogP contribution in [0.2, 0.25) is 0 Å². The second-order valence-corrected chi connectivity index (χ2v) is 7.03. The highest BCUT2D eigenvalue weighted by Crippen LogP contribution is 2.28. The van der Waals surface area contributed by atoms with Crippen LogP contribution in [0.5, 0.6) is 0 Å². The summed E-state index contributed by atoms with van der Waals surface area (Å²) >= 11 is 6.96. The molecule has 0 aliphatic rings. The van der Waals surface area contributed by atoms with E-state index in [2.05, 4.69) is 57.8 Å². The molecule has 1 aromatic rings. The second kappa shape index (κ2) is 8.15. The lowest BCUT2D eigenvalue weighted by atomic mass is 10.1. The third-order valence-corrected chi connectivity index (χ3v) is 4.87. The van der Waals surface area contributed by atoms with Crippen LogP contribution in [-0.2, 0) is 4.79 Å². The molecule has 0 saturated carbocycles. The highest BCUT2D eigenvalue weighted by atomic mass is 79.9. The molecular weight excluding hydrogens is 384 g/mol. The van der Waals surface area contributed by atoms with Crippen molar-refractivity contribution >= 4 is 43.5 Å². The van der Waals surface area contributed by atoms with Crippen LogP contribution in [0, 0.1) is 5.92 Å². The van der Waals surface area contributed by atoms with Crippen molar-refractivity contribution in [3.8, 4) is 0 Å². The van der Waals surface area contributed by atoms with Gasteiger partial charge in [-0.25, -0.2) is 0 Å². The van der Waals surface area contributed by atoms with Crippen LogP contribution in [0.1, 0.15) is 20.3 Å². The van der Waals surface area contributed by atoms with Gasteiger partial charge in [-0.1, -0.05) is 13.8 Å². The first-order chi connectivity index (χ1) is 9.35. The number of anilines is 1. The van der Waals surface area contributed by atoms with E-state index in [-0.39, 0.29) is 5.91 Å². The zero-order chi connectivity index (χ0) is 15.3. The molecular formula is C15H22Br2N2O. The summed E-state index contributed by atoms with van der Waals surface area (Å²) in [4.78, 5) is 16.2.